The molecule has 0 amide bonds. The summed E-state index contributed by atoms with van der Waals surface area (Å²) in [7, 11) is 0. The zero-order valence-corrected chi connectivity index (χ0v) is 11.4. The second-order valence-electron chi connectivity index (χ2n) is 5.22. The first-order valence-electron chi connectivity index (χ1n) is 7.02. The first-order chi connectivity index (χ1) is 7.20. The minimum atomic E-state index is 0.893. The van der Waals surface area contributed by atoms with Gasteiger partial charge in [-0.3, -0.25) is 0 Å². The second-order valence-corrected chi connectivity index (χ2v) is 5.22. The Kier molecular flexibility index (Phi) is 10.5. The van der Waals surface area contributed by atoms with Gasteiger partial charge in [-0.15, -0.1) is 0 Å². The standard InChI is InChI=1S/C15H31/c1-5-11-15(4)13-10-8-7-9-12-14(3)6-2/h9,14-15H,5-8,10-13H2,1-4H3. The molecule has 0 heteroatoms. The predicted octanol–water partition coefficient (Wildman–Crippen LogP) is 5.62. The van der Waals surface area contributed by atoms with Gasteiger partial charge in [-0.2, -0.15) is 0 Å². The molecule has 1 radical (unpaired) electrons. The Morgan fingerprint density at radius 2 is 1.67 bits per heavy atom. The molecule has 0 fully saturated rings. The van der Waals surface area contributed by atoms with Gasteiger partial charge in [0.25, 0.3) is 0 Å². The van der Waals surface area contributed by atoms with E-state index in [2.05, 4.69) is 34.1 Å². The highest BCUT2D eigenvalue weighted by Crippen LogP contribution is 2.16. The van der Waals surface area contributed by atoms with Crippen LogP contribution < -0.4 is 0 Å². The van der Waals surface area contributed by atoms with Gasteiger partial charge >= 0.3 is 0 Å². The third-order valence-electron chi connectivity index (χ3n) is 3.40. The molecule has 0 bridgehead atoms. The lowest BCUT2D eigenvalue weighted by atomic mass is 9.96. The van der Waals surface area contributed by atoms with Crippen LogP contribution in [0.1, 0.15) is 79.1 Å². The zero-order valence-electron chi connectivity index (χ0n) is 11.4. The van der Waals surface area contributed by atoms with Crippen LogP contribution in [0.4, 0.5) is 0 Å². The Morgan fingerprint density at radius 3 is 2.27 bits per heavy atom. The summed E-state index contributed by atoms with van der Waals surface area (Å²) >= 11 is 0. The molecular weight excluding hydrogens is 180 g/mol. The predicted molar refractivity (Wildman–Crippen MR) is 70.9 cm³/mol. The minimum Gasteiger partial charge on any atom is -0.0654 e. The van der Waals surface area contributed by atoms with Crippen LogP contribution in [0, 0.1) is 18.3 Å². The SMILES string of the molecule is CCCC(C)CCCC[CH]CC(C)CC. The normalized spacial score (nSPS) is 15.2. The van der Waals surface area contributed by atoms with Crippen LogP contribution >= 0.6 is 0 Å². The summed E-state index contributed by atoms with van der Waals surface area (Å²) in [5.41, 5.74) is 0. The average molecular weight is 211 g/mol. The third-order valence-corrected chi connectivity index (χ3v) is 3.40. The molecule has 0 aromatic heterocycles. The van der Waals surface area contributed by atoms with Crippen molar-refractivity contribution in [2.75, 3.05) is 0 Å². The minimum absolute atomic E-state index is 0.893. The maximum absolute atomic E-state index is 2.50. The summed E-state index contributed by atoms with van der Waals surface area (Å²) in [5.74, 6) is 1.84. The Hall–Kier alpha value is 0. The van der Waals surface area contributed by atoms with Gasteiger partial charge in [0.15, 0.2) is 0 Å². The van der Waals surface area contributed by atoms with E-state index in [9.17, 15) is 0 Å². The summed E-state index contributed by atoms with van der Waals surface area (Å²) < 4.78 is 0. The van der Waals surface area contributed by atoms with Crippen LogP contribution in [0.2, 0.25) is 0 Å². The van der Waals surface area contributed by atoms with Gasteiger partial charge in [0.1, 0.15) is 0 Å². The fourth-order valence-corrected chi connectivity index (χ4v) is 1.99. The average Bonchev–Trinajstić information content (AvgIpc) is 2.23. The van der Waals surface area contributed by atoms with Crippen molar-refractivity contribution in [2.45, 2.75) is 79.1 Å². The molecule has 0 aliphatic carbocycles. The molecule has 0 saturated heterocycles. The maximum atomic E-state index is 2.50. The van der Waals surface area contributed by atoms with E-state index in [1.165, 1.54) is 51.4 Å². The van der Waals surface area contributed by atoms with Crippen LogP contribution in [0.25, 0.3) is 0 Å². The van der Waals surface area contributed by atoms with Crippen molar-refractivity contribution in [3.8, 4) is 0 Å². The number of hydrogen-bond donors (Lipinski definition) is 0. The first kappa shape index (κ1) is 15.0. The van der Waals surface area contributed by atoms with Gasteiger partial charge in [-0.1, -0.05) is 72.6 Å². The van der Waals surface area contributed by atoms with Crippen molar-refractivity contribution in [3.63, 3.8) is 0 Å². The Bertz CT molecular complexity index is 117. The number of hydrogen-bond acceptors (Lipinski definition) is 0. The highest BCUT2D eigenvalue weighted by atomic mass is 14.1. The van der Waals surface area contributed by atoms with Gasteiger partial charge in [-0.05, 0) is 24.7 Å². The lowest BCUT2D eigenvalue weighted by Gasteiger charge is -2.10. The van der Waals surface area contributed by atoms with Gasteiger partial charge in [-0.25, -0.2) is 0 Å². The molecular formula is C15H31. The van der Waals surface area contributed by atoms with Crippen molar-refractivity contribution in [1.29, 1.82) is 0 Å². The topological polar surface area (TPSA) is 0 Å². The van der Waals surface area contributed by atoms with E-state index >= 15 is 0 Å². The van der Waals surface area contributed by atoms with Crippen molar-refractivity contribution in [3.05, 3.63) is 6.42 Å². The molecule has 0 aromatic rings. The summed E-state index contributed by atoms with van der Waals surface area (Å²) in [4.78, 5) is 0. The molecule has 2 unspecified atom stereocenters. The molecule has 0 aliphatic rings. The van der Waals surface area contributed by atoms with E-state index in [1.54, 1.807) is 0 Å². The fourth-order valence-electron chi connectivity index (χ4n) is 1.99. The quantitative estimate of drug-likeness (QED) is 0.411. The van der Waals surface area contributed by atoms with E-state index in [4.69, 9.17) is 0 Å². The summed E-state index contributed by atoms with van der Waals surface area (Å²) in [6.45, 7) is 9.31. The molecule has 0 aliphatic heterocycles. The van der Waals surface area contributed by atoms with E-state index < -0.39 is 0 Å². The maximum Gasteiger partial charge on any atom is -0.0383 e. The number of rotatable bonds is 10. The van der Waals surface area contributed by atoms with E-state index in [1.807, 2.05) is 0 Å². The largest absolute Gasteiger partial charge is 0.0654 e. The van der Waals surface area contributed by atoms with Gasteiger partial charge in [0.05, 0.1) is 0 Å². The van der Waals surface area contributed by atoms with Crippen molar-refractivity contribution < 1.29 is 0 Å². The second kappa shape index (κ2) is 10.5. The highest BCUT2D eigenvalue weighted by Gasteiger charge is 2.01. The highest BCUT2D eigenvalue weighted by molar-refractivity contribution is 4.68. The number of unbranched alkanes of at least 4 members (excludes halogenated alkanes) is 3. The molecule has 91 valence electrons. The van der Waals surface area contributed by atoms with Crippen LogP contribution in [0.15, 0.2) is 0 Å². The van der Waals surface area contributed by atoms with Gasteiger partial charge < -0.3 is 0 Å². The van der Waals surface area contributed by atoms with Gasteiger partial charge in [0, 0.05) is 0 Å². The van der Waals surface area contributed by atoms with E-state index in [0.717, 1.165) is 11.8 Å². The summed E-state index contributed by atoms with van der Waals surface area (Å²) in [5, 5.41) is 0. The molecule has 0 nitrogen and oxygen atoms in total. The molecule has 2 atom stereocenters. The molecule has 0 heterocycles. The molecule has 0 saturated carbocycles. The zero-order chi connectivity index (χ0) is 11.5. The van der Waals surface area contributed by atoms with Crippen LogP contribution in [-0.4, -0.2) is 0 Å². The Labute approximate surface area is 97.8 Å². The monoisotopic (exact) mass is 211 g/mol. The van der Waals surface area contributed by atoms with Crippen molar-refractivity contribution >= 4 is 0 Å². The molecule has 0 spiro atoms. The van der Waals surface area contributed by atoms with E-state index in [0.29, 0.717) is 0 Å². The van der Waals surface area contributed by atoms with Crippen LogP contribution in [0.3, 0.4) is 0 Å². The first-order valence-corrected chi connectivity index (χ1v) is 7.02. The van der Waals surface area contributed by atoms with Crippen LogP contribution in [0.5, 0.6) is 0 Å². The Morgan fingerprint density at radius 1 is 0.933 bits per heavy atom. The van der Waals surface area contributed by atoms with Gasteiger partial charge in [0.2, 0.25) is 0 Å². The third kappa shape index (κ3) is 10.3. The van der Waals surface area contributed by atoms with Crippen molar-refractivity contribution in [2.24, 2.45) is 11.8 Å². The summed E-state index contributed by atoms with van der Waals surface area (Å²) in [6, 6.07) is 0. The molecule has 0 rings (SSSR count). The van der Waals surface area contributed by atoms with E-state index in [-0.39, 0.29) is 0 Å². The molecule has 0 N–H and O–H groups in total. The van der Waals surface area contributed by atoms with Crippen molar-refractivity contribution in [1.82, 2.24) is 0 Å². The smallest absolute Gasteiger partial charge is 0.0383 e. The van der Waals surface area contributed by atoms with Crippen LogP contribution in [-0.2, 0) is 0 Å². The molecule has 15 heavy (non-hydrogen) atoms. The molecule has 0 aromatic carbocycles. The lowest BCUT2D eigenvalue weighted by Crippen LogP contribution is -1.95. The summed E-state index contributed by atoms with van der Waals surface area (Å²) in [6.07, 6.45) is 13.5. The lowest BCUT2D eigenvalue weighted by molar-refractivity contribution is 0.456. The fraction of sp³-hybridized carbons (Fsp3) is 0.933. The Balaban J connectivity index is 3.11.